The zero-order valence-corrected chi connectivity index (χ0v) is 12.8. The van der Waals surface area contributed by atoms with Crippen LogP contribution in [0.5, 0.6) is 0 Å². The number of hydrogen-bond acceptors (Lipinski definition) is 3. The van der Waals surface area contributed by atoms with Crippen LogP contribution in [-0.4, -0.2) is 56.4 Å². The highest BCUT2D eigenvalue weighted by Crippen LogP contribution is 2.22. The maximum Gasteiger partial charge on any atom is 0.169 e. The van der Waals surface area contributed by atoms with Crippen LogP contribution in [0.3, 0.4) is 0 Å². The van der Waals surface area contributed by atoms with Crippen molar-refractivity contribution < 1.29 is 4.79 Å². The van der Waals surface area contributed by atoms with Crippen molar-refractivity contribution in [3.63, 3.8) is 0 Å². The van der Waals surface area contributed by atoms with Crippen LogP contribution in [0.15, 0.2) is 30.3 Å². The van der Waals surface area contributed by atoms with Gasteiger partial charge in [-0.2, -0.15) is 0 Å². The Bertz CT molecular complexity index is 398. The van der Waals surface area contributed by atoms with Crippen molar-refractivity contribution in [1.82, 2.24) is 9.80 Å². The Morgan fingerprint density at radius 3 is 2.16 bits per heavy atom. The fraction of sp³-hybridized carbons (Fsp3) is 0.562. The van der Waals surface area contributed by atoms with Gasteiger partial charge in [-0.3, -0.25) is 4.79 Å². The number of rotatable bonds is 7. The summed E-state index contributed by atoms with van der Waals surface area (Å²) >= 11 is 0. The summed E-state index contributed by atoms with van der Waals surface area (Å²) in [5.41, 5.74) is 0.441. The van der Waals surface area contributed by atoms with Gasteiger partial charge in [-0.1, -0.05) is 44.2 Å². The first-order valence-electron chi connectivity index (χ1n) is 6.76. The minimum Gasteiger partial charge on any atom is -0.308 e. The predicted octanol–water partition coefficient (Wildman–Crippen LogP) is 2.39. The predicted molar refractivity (Wildman–Crippen MR) is 80.6 cm³/mol. The normalized spacial score (nSPS) is 12.2. The fourth-order valence-corrected chi connectivity index (χ4v) is 2.18. The molecule has 1 rings (SSSR count). The third kappa shape index (κ3) is 5.13. The van der Waals surface area contributed by atoms with E-state index in [1.54, 1.807) is 0 Å². The third-order valence-corrected chi connectivity index (χ3v) is 3.24. The minimum absolute atomic E-state index is 0.213. The zero-order valence-electron chi connectivity index (χ0n) is 12.8. The molecule has 0 heterocycles. The Morgan fingerprint density at radius 1 is 1.05 bits per heavy atom. The lowest BCUT2D eigenvalue weighted by Gasteiger charge is -2.29. The van der Waals surface area contributed by atoms with E-state index in [0.29, 0.717) is 0 Å². The number of hydrogen-bond donors (Lipinski definition) is 0. The van der Waals surface area contributed by atoms with Gasteiger partial charge in [0.1, 0.15) is 0 Å². The van der Waals surface area contributed by atoms with E-state index in [0.717, 1.165) is 25.2 Å². The molecular formula is C16H26N2O. The molecule has 3 nitrogen and oxygen atoms in total. The van der Waals surface area contributed by atoms with Gasteiger partial charge in [-0.05, 0) is 21.1 Å². The number of nitrogens with zero attached hydrogens (tertiary/aromatic N) is 2. The van der Waals surface area contributed by atoms with Crippen LogP contribution < -0.4 is 0 Å². The molecule has 0 saturated heterocycles. The van der Waals surface area contributed by atoms with E-state index in [1.165, 1.54) is 0 Å². The lowest BCUT2D eigenvalue weighted by molar-refractivity contribution is 0.0779. The molecule has 1 aromatic rings. The number of benzene rings is 1. The SMILES string of the molecule is CN(C)CCN(C)CC(C)(C)C(=O)c1ccccc1. The van der Waals surface area contributed by atoms with Gasteiger partial charge in [0.15, 0.2) is 5.78 Å². The average Bonchev–Trinajstić information content (AvgIpc) is 2.36. The molecule has 0 spiro atoms. The summed E-state index contributed by atoms with van der Waals surface area (Å²) in [6, 6.07) is 9.55. The van der Waals surface area contributed by atoms with Crippen LogP contribution in [0.4, 0.5) is 0 Å². The summed E-state index contributed by atoms with van der Waals surface area (Å²) in [6.45, 7) is 6.79. The standard InChI is InChI=1S/C16H26N2O/c1-16(2,13-18(5)12-11-17(3)4)15(19)14-9-7-6-8-10-14/h6-10H,11-13H2,1-5H3. The van der Waals surface area contributed by atoms with E-state index in [4.69, 9.17) is 0 Å². The Morgan fingerprint density at radius 2 is 1.63 bits per heavy atom. The Balaban J connectivity index is 2.62. The molecule has 0 aliphatic rings. The number of ketones is 1. The van der Waals surface area contributed by atoms with Gasteiger partial charge in [-0.15, -0.1) is 0 Å². The van der Waals surface area contributed by atoms with Gasteiger partial charge in [0, 0.05) is 30.6 Å². The molecule has 1 aromatic carbocycles. The van der Waals surface area contributed by atoms with Crippen molar-refractivity contribution in [1.29, 1.82) is 0 Å². The van der Waals surface area contributed by atoms with Crippen LogP contribution in [0, 0.1) is 5.41 Å². The molecule has 0 aliphatic heterocycles. The summed E-state index contributed by atoms with van der Waals surface area (Å²) in [5, 5.41) is 0. The van der Waals surface area contributed by atoms with E-state index in [-0.39, 0.29) is 11.2 Å². The van der Waals surface area contributed by atoms with Crippen LogP contribution in [-0.2, 0) is 0 Å². The second kappa shape index (κ2) is 6.83. The molecule has 0 aliphatic carbocycles. The first kappa shape index (κ1) is 15.9. The largest absolute Gasteiger partial charge is 0.308 e. The van der Waals surface area contributed by atoms with Crippen molar-refractivity contribution in [3.8, 4) is 0 Å². The second-order valence-electron chi connectivity index (χ2n) is 6.12. The van der Waals surface area contributed by atoms with Crippen LogP contribution >= 0.6 is 0 Å². The monoisotopic (exact) mass is 262 g/mol. The molecule has 3 heteroatoms. The highest BCUT2D eigenvalue weighted by Gasteiger charge is 2.29. The van der Waals surface area contributed by atoms with E-state index in [1.807, 2.05) is 44.2 Å². The van der Waals surface area contributed by atoms with Crippen molar-refractivity contribution in [2.45, 2.75) is 13.8 Å². The number of likely N-dealkylation sites (N-methyl/N-ethyl adjacent to an activating group) is 2. The van der Waals surface area contributed by atoms with Crippen molar-refractivity contribution in [2.24, 2.45) is 5.41 Å². The highest BCUT2D eigenvalue weighted by atomic mass is 16.1. The summed E-state index contributed by atoms with van der Waals surface area (Å²) < 4.78 is 0. The molecule has 0 unspecified atom stereocenters. The van der Waals surface area contributed by atoms with Gasteiger partial charge in [0.2, 0.25) is 0 Å². The third-order valence-electron chi connectivity index (χ3n) is 3.24. The number of carbonyl (C=O) groups excluding carboxylic acids is 1. The molecule has 0 amide bonds. The lowest BCUT2D eigenvalue weighted by Crippen LogP contribution is -2.40. The van der Waals surface area contributed by atoms with E-state index >= 15 is 0 Å². The molecule has 0 N–H and O–H groups in total. The van der Waals surface area contributed by atoms with Gasteiger partial charge < -0.3 is 9.80 Å². The number of carbonyl (C=O) groups is 1. The Kier molecular flexibility index (Phi) is 5.70. The molecule has 0 atom stereocenters. The molecule has 19 heavy (non-hydrogen) atoms. The summed E-state index contributed by atoms with van der Waals surface area (Å²) in [5.74, 6) is 0.213. The molecular weight excluding hydrogens is 236 g/mol. The van der Waals surface area contributed by atoms with E-state index in [2.05, 4.69) is 30.9 Å². The summed E-state index contributed by atoms with van der Waals surface area (Å²) in [7, 11) is 6.20. The van der Waals surface area contributed by atoms with Gasteiger partial charge >= 0.3 is 0 Å². The van der Waals surface area contributed by atoms with Crippen LogP contribution in [0.2, 0.25) is 0 Å². The van der Waals surface area contributed by atoms with Crippen LogP contribution in [0.1, 0.15) is 24.2 Å². The van der Waals surface area contributed by atoms with Gasteiger partial charge in [0.25, 0.3) is 0 Å². The first-order chi connectivity index (χ1) is 8.83. The number of Topliss-reactive ketones (excluding diaryl/α,β-unsaturated/α-hetero) is 1. The lowest BCUT2D eigenvalue weighted by atomic mass is 9.84. The average molecular weight is 262 g/mol. The van der Waals surface area contributed by atoms with Crippen molar-refractivity contribution >= 4 is 5.78 Å². The van der Waals surface area contributed by atoms with Gasteiger partial charge in [0.05, 0.1) is 0 Å². The fourth-order valence-electron chi connectivity index (χ4n) is 2.18. The van der Waals surface area contributed by atoms with Crippen molar-refractivity contribution in [3.05, 3.63) is 35.9 Å². The molecule has 0 fully saturated rings. The first-order valence-corrected chi connectivity index (χ1v) is 6.76. The van der Waals surface area contributed by atoms with E-state index < -0.39 is 0 Å². The topological polar surface area (TPSA) is 23.6 Å². The zero-order chi connectivity index (χ0) is 14.5. The smallest absolute Gasteiger partial charge is 0.169 e. The molecule has 0 radical (unpaired) electrons. The maximum atomic E-state index is 12.5. The van der Waals surface area contributed by atoms with Gasteiger partial charge in [-0.25, -0.2) is 0 Å². The molecule has 0 bridgehead atoms. The van der Waals surface area contributed by atoms with E-state index in [9.17, 15) is 4.79 Å². The van der Waals surface area contributed by atoms with Crippen LogP contribution in [0.25, 0.3) is 0 Å². The molecule has 106 valence electrons. The molecule has 0 saturated carbocycles. The Hall–Kier alpha value is -1.19. The Labute approximate surface area is 117 Å². The highest BCUT2D eigenvalue weighted by molar-refractivity contribution is 6.00. The second-order valence-corrected chi connectivity index (χ2v) is 6.12. The molecule has 0 aromatic heterocycles. The summed E-state index contributed by atoms with van der Waals surface area (Å²) in [4.78, 5) is 16.9. The van der Waals surface area contributed by atoms with Crippen molar-refractivity contribution in [2.75, 3.05) is 40.8 Å². The summed E-state index contributed by atoms with van der Waals surface area (Å²) in [6.07, 6.45) is 0. The maximum absolute atomic E-state index is 12.5. The minimum atomic E-state index is -0.359. The quantitative estimate of drug-likeness (QED) is 0.705.